The number of nitrogens with one attached hydrogen (secondary N) is 1. The number of carboxylic acid groups (broad SMARTS) is 1. The second kappa shape index (κ2) is 11.3. The molecule has 2 aromatic heterocycles. The standard InChI is InChI=1S/C18H28N6S.CH2O2/c1-2-4-22(5-3-1)11-16-10-17(25-14-16)12-23-6-8-24(9-7-23)13-18-19-15-20-21-18;2-1-3/h10,14-15H,1-9,11-13H2,(H,19,20,21);1H,(H,2,3). The molecule has 2 aliphatic heterocycles. The quantitative estimate of drug-likeness (QED) is 0.708. The summed E-state index contributed by atoms with van der Waals surface area (Å²) in [6.45, 7) is 9.90. The first-order chi connectivity index (χ1) is 13.8. The molecule has 0 spiro atoms. The Morgan fingerprint density at radius 2 is 1.64 bits per heavy atom. The van der Waals surface area contributed by atoms with Gasteiger partial charge in [0, 0.05) is 44.1 Å². The molecule has 154 valence electrons. The summed E-state index contributed by atoms with van der Waals surface area (Å²) in [5.74, 6) is 0.967. The number of piperazine rings is 1. The number of rotatable bonds is 6. The van der Waals surface area contributed by atoms with Gasteiger partial charge in [-0.25, -0.2) is 4.98 Å². The Bertz CT molecular complexity index is 678. The molecule has 4 heterocycles. The van der Waals surface area contributed by atoms with Gasteiger partial charge in [-0.1, -0.05) is 6.42 Å². The second-order valence-electron chi connectivity index (χ2n) is 7.35. The van der Waals surface area contributed by atoms with Gasteiger partial charge >= 0.3 is 0 Å². The second-order valence-corrected chi connectivity index (χ2v) is 8.34. The Labute approximate surface area is 170 Å². The van der Waals surface area contributed by atoms with Crippen molar-refractivity contribution in [3.8, 4) is 0 Å². The highest BCUT2D eigenvalue weighted by Gasteiger charge is 2.19. The van der Waals surface area contributed by atoms with Crippen LogP contribution in [0.2, 0.25) is 0 Å². The molecule has 0 atom stereocenters. The lowest BCUT2D eigenvalue weighted by Gasteiger charge is -2.33. The van der Waals surface area contributed by atoms with Crippen molar-refractivity contribution in [2.75, 3.05) is 39.3 Å². The average molecular weight is 407 g/mol. The third-order valence-electron chi connectivity index (χ3n) is 5.25. The average Bonchev–Trinajstić information content (AvgIpc) is 3.37. The van der Waals surface area contributed by atoms with Crippen molar-refractivity contribution in [1.82, 2.24) is 29.9 Å². The van der Waals surface area contributed by atoms with Gasteiger partial charge in [-0.3, -0.25) is 24.6 Å². The van der Waals surface area contributed by atoms with Gasteiger partial charge in [-0.15, -0.1) is 11.3 Å². The first-order valence-electron chi connectivity index (χ1n) is 9.92. The molecule has 2 fully saturated rings. The lowest BCUT2D eigenvalue weighted by molar-refractivity contribution is -0.122. The molecule has 0 saturated carbocycles. The van der Waals surface area contributed by atoms with Gasteiger partial charge in [0.1, 0.15) is 12.2 Å². The summed E-state index contributed by atoms with van der Waals surface area (Å²) in [6, 6.07) is 2.43. The van der Waals surface area contributed by atoms with Crippen molar-refractivity contribution >= 4 is 17.8 Å². The number of hydrogen-bond acceptors (Lipinski definition) is 7. The number of thiophene rings is 1. The third kappa shape index (κ3) is 6.66. The van der Waals surface area contributed by atoms with E-state index >= 15 is 0 Å². The predicted octanol–water partition coefficient (Wildman–Crippen LogP) is 1.87. The lowest BCUT2D eigenvalue weighted by Crippen LogP contribution is -2.45. The van der Waals surface area contributed by atoms with Crippen LogP contribution in [0.15, 0.2) is 17.8 Å². The van der Waals surface area contributed by atoms with Crippen LogP contribution < -0.4 is 0 Å². The maximum atomic E-state index is 8.36. The molecule has 28 heavy (non-hydrogen) atoms. The van der Waals surface area contributed by atoms with Crippen molar-refractivity contribution in [2.45, 2.75) is 38.9 Å². The zero-order chi connectivity index (χ0) is 19.6. The smallest absolute Gasteiger partial charge is 0.290 e. The fourth-order valence-electron chi connectivity index (χ4n) is 3.81. The minimum absolute atomic E-state index is 0.250. The van der Waals surface area contributed by atoms with Gasteiger partial charge in [-0.05, 0) is 42.9 Å². The first kappa shape index (κ1) is 20.9. The van der Waals surface area contributed by atoms with Crippen molar-refractivity contribution < 1.29 is 9.90 Å². The molecule has 0 radical (unpaired) electrons. The van der Waals surface area contributed by atoms with Gasteiger partial charge < -0.3 is 5.11 Å². The molecule has 0 unspecified atom stereocenters. The van der Waals surface area contributed by atoms with Crippen LogP contribution >= 0.6 is 11.3 Å². The summed E-state index contributed by atoms with van der Waals surface area (Å²) in [6.07, 6.45) is 5.74. The minimum Gasteiger partial charge on any atom is -0.483 e. The number of nitrogens with zero attached hydrogens (tertiary/aromatic N) is 5. The molecule has 0 amide bonds. The fourth-order valence-corrected chi connectivity index (χ4v) is 4.73. The van der Waals surface area contributed by atoms with E-state index in [1.807, 2.05) is 11.3 Å². The van der Waals surface area contributed by atoms with E-state index in [1.165, 1.54) is 42.8 Å². The number of aromatic amines is 1. The molecular weight excluding hydrogens is 376 g/mol. The van der Waals surface area contributed by atoms with Crippen LogP contribution in [-0.4, -0.2) is 80.7 Å². The molecule has 4 rings (SSSR count). The molecule has 0 bridgehead atoms. The molecule has 2 aromatic rings. The molecule has 2 saturated heterocycles. The van der Waals surface area contributed by atoms with Gasteiger partial charge in [-0.2, -0.15) is 5.10 Å². The molecular formula is C19H30N6O2S. The molecule has 9 heteroatoms. The largest absolute Gasteiger partial charge is 0.483 e. The highest BCUT2D eigenvalue weighted by atomic mass is 32.1. The summed E-state index contributed by atoms with van der Waals surface area (Å²) in [7, 11) is 0. The van der Waals surface area contributed by atoms with Gasteiger partial charge in [0.05, 0.1) is 6.54 Å². The molecule has 0 aliphatic carbocycles. The van der Waals surface area contributed by atoms with Crippen LogP contribution in [0.25, 0.3) is 0 Å². The van der Waals surface area contributed by atoms with E-state index in [1.54, 1.807) is 6.33 Å². The third-order valence-corrected chi connectivity index (χ3v) is 6.22. The highest BCUT2D eigenvalue weighted by molar-refractivity contribution is 7.10. The molecule has 8 nitrogen and oxygen atoms in total. The van der Waals surface area contributed by atoms with Crippen LogP contribution in [0.3, 0.4) is 0 Å². The SMILES string of the molecule is O=CO.c1n[nH]c(CN2CCN(Cc3cc(CN4CCCCC4)cs3)CC2)n1. The minimum atomic E-state index is -0.250. The van der Waals surface area contributed by atoms with E-state index in [4.69, 9.17) is 9.90 Å². The Balaban J connectivity index is 0.000000706. The maximum Gasteiger partial charge on any atom is 0.290 e. The van der Waals surface area contributed by atoms with E-state index in [0.717, 1.165) is 51.6 Å². The molecule has 2 aliphatic rings. The van der Waals surface area contributed by atoms with Gasteiger partial charge in [0.25, 0.3) is 6.47 Å². The topological polar surface area (TPSA) is 88.6 Å². The summed E-state index contributed by atoms with van der Waals surface area (Å²) in [4.78, 5) is 21.7. The monoisotopic (exact) mass is 406 g/mol. The normalized spacial score (nSPS) is 19.1. The summed E-state index contributed by atoms with van der Waals surface area (Å²) >= 11 is 1.93. The predicted molar refractivity (Wildman–Crippen MR) is 109 cm³/mol. The van der Waals surface area contributed by atoms with E-state index in [9.17, 15) is 0 Å². The van der Waals surface area contributed by atoms with Crippen molar-refractivity contribution in [2.24, 2.45) is 0 Å². The molecule has 0 aromatic carbocycles. The maximum absolute atomic E-state index is 8.36. The Morgan fingerprint density at radius 1 is 1.00 bits per heavy atom. The van der Waals surface area contributed by atoms with E-state index in [2.05, 4.69) is 41.3 Å². The van der Waals surface area contributed by atoms with E-state index in [0.29, 0.717) is 0 Å². The number of piperidine rings is 1. The van der Waals surface area contributed by atoms with Gasteiger partial charge in [0.2, 0.25) is 0 Å². The Morgan fingerprint density at radius 3 is 2.29 bits per heavy atom. The number of aromatic nitrogens is 3. The molecule has 2 N–H and O–H groups in total. The van der Waals surface area contributed by atoms with E-state index in [-0.39, 0.29) is 6.47 Å². The highest BCUT2D eigenvalue weighted by Crippen LogP contribution is 2.21. The summed E-state index contributed by atoms with van der Waals surface area (Å²) in [5.41, 5.74) is 1.51. The van der Waals surface area contributed by atoms with Crippen molar-refractivity contribution in [3.05, 3.63) is 34.0 Å². The zero-order valence-electron chi connectivity index (χ0n) is 16.3. The Hall–Kier alpha value is -1.81. The number of H-pyrrole nitrogens is 1. The van der Waals surface area contributed by atoms with Crippen LogP contribution in [0, 0.1) is 0 Å². The first-order valence-corrected chi connectivity index (χ1v) is 10.8. The van der Waals surface area contributed by atoms with Crippen LogP contribution in [-0.2, 0) is 24.4 Å². The number of likely N-dealkylation sites (tertiary alicyclic amines) is 1. The van der Waals surface area contributed by atoms with Crippen LogP contribution in [0.4, 0.5) is 0 Å². The summed E-state index contributed by atoms with van der Waals surface area (Å²) in [5, 5.41) is 16.1. The Kier molecular flexibility index (Phi) is 8.41. The summed E-state index contributed by atoms with van der Waals surface area (Å²) < 4.78 is 0. The number of carbonyl (C=O) groups is 1. The van der Waals surface area contributed by atoms with Crippen LogP contribution in [0.1, 0.15) is 35.5 Å². The fraction of sp³-hybridized carbons (Fsp3) is 0.632. The van der Waals surface area contributed by atoms with Crippen LogP contribution in [0.5, 0.6) is 0 Å². The zero-order valence-corrected chi connectivity index (χ0v) is 17.1. The van der Waals surface area contributed by atoms with Gasteiger partial charge in [0.15, 0.2) is 0 Å². The lowest BCUT2D eigenvalue weighted by atomic mass is 10.1. The van der Waals surface area contributed by atoms with Crippen molar-refractivity contribution in [3.63, 3.8) is 0 Å². The van der Waals surface area contributed by atoms with Crippen molar-refractivity contribution in [1.29, 1.82) is 0 Å². The van der Waals surface area contributed by atoms with E-state index < -0.39 is 0 Å². The number of hydrogen-bond donors (Lipinski definition) is 2.